The molecular formula is C95H166O16P2. The average Bonchev–Trinajstić information content (AvgIpc) is 0.902. The summed E-state index contributed by atoms with van der Waals surface area (Å²) in [6, 6.07) is 0. The number of esters is 3. The molecule has 0 radical (unpaired) electrons. The Labute approximate surface area is 690 Å². The zero-order chi connectivity index (χ0) is 82.2. The van der Waals surface area contributed by atoms with E-state index in [1.807, 2.05) is 0 Å². The quantitative estimate of drug-likeness (QED) is 0.0146. The van der Waals surface area contributed by atoms with Gasteiger partial charge in [0.05, 0.1) is 26.4 Å². The second-order valence-electron chi connectivity index (χ2n) is 30.4. The van der Waals surface area contributed by atoms with Gasteiger partial charge in [0.15, 0.2) is 6.10 Å². The van der Waals surface area contributed by atoms with Crippen LogP contribution in [0.3, 0.4) is 0 Å². The van der Waals surface area contributed by atoms with Gasteiger partial charge in [-0.25, -0.2) is 9.13 Å². The molecule has 4 N–H and O–H groups in total. The van der Waals surface area contributed by atoms with E-state index in [2.05, 4.69) is 154 Å². The summed E-state index contributed by atoms with van der Waals surface area (Å²) in [6.45, 7) is 2.50. The molecule has 0 aromatic heterocycles. The van der Waals surface area contributed by atoms with E-state index in [1.54, 1.807) is 0 Å². The Morgan fingerprint density at radius 2 is 0.469 bits per heavy atom. The van der Waals surface area contributed by atoms with Crippen LogP contribution >= 0.6 is 15.6 Å². The number of phosphoric acid groups is 2. The lowest BCUT2D eigenvalue weighted by molar-refractivity contribution is -0.161. The van der Waals surface area contributed by atoms with Crippen molar-refractivity contribution in [3.8, 4) is 0 Å². The normalized spacial score (nSPS) is 14.4. The highest BCUT2D eigenvalue weighted by atomic mass is 31.2. The molecule has 16 nitrogen and oxygen atoms in total. The second-order valence-corrected chi connectivity index (χ2v) is 33.3. The fourth-order valence-corrected chi connectivity index (χ4v) is 14.1. The SMILES string of the molecule is CC/C=C\C/C=C\C/C=C\C/C=C\C/C=C\C/C=C\CCCCCCCCCCCCCCCCC(=O)OCC(O)COP(=O)(O)OCC(O)COP(=O)(O)OCC(COC(=O)CCCCCCCCCCCCCCCCCCC/C=C\C/C=C\C/C=C\C/C=C\C/C=C\CC)OC(=O)CCCCCCCCCCCCC. The number of hydrogen-bond donors (Lipinski definition) is 4. The van der Waals surface area contributed by atoms with Gasteiger partial charge in [-0.2, -0.15) is 0 Å². The van der Waals surface area contributed by atoms with Crippen LogP contribution in [-0.2, 0) is 55.8 Å². The third-order valence-corrected chi connectivity index (χ3v) is 21.3. The lowest BCUT2D eigenvalue weighted by Gasteiger charge is -2.21. The molecule has 5 unspecified atom stereocenters. The van der Waals surface area contributed by atoms with Crippen LogP contribution in [0, 0.1) is 0 Å². The molecule has 0 heterocycles. The molecule has 0 amide bonds. The molecule has 5 atom stereocenters. The monoisotopic (exact) mass is 1630 g/mol. The smallest absolute Gasteiger partial charge is 0.463 e. The Bertz CT molecular complexity index is 2580. The molecule has 0 aliphatic carbocycles. The second kappa shape index (κ2) is 87.0. The molecule has 0 spiro atoms. The number of carbonyl (C=O) groups excluding carboxylic acids is 3. The van der Waals surface area contributed by atoms with Gasteiger partial charge in [0.25, 0.3) is 0 Å². The molecule has 18 heteroatoms. The van der Waals surface area contributed by atoms with E-state index in [0.29, 0.717) is 19.3 Å². The van der Waals surface area contributed by atoms with Crippen molar-refractivity contribution in [1.82, 2.24) is 0 Å². The highest BCUT2D eigenvalue weighted by molar-refractivity contribution is 7.47. The van der Waals surface area contributed by atoms with Gasteiger partial charge in [-0.05, 0) is 116 Å². The minimum Gasteiger partial charge on any atom is -0.463 e. The van der Waals surface area contributed by atoms with Crippen molar-refractivity contribution in [3.63, 3.8) is 0 Å². The van der Waals surface area contributed by atoms with Gasteiger partial charge in [0, 0.05) is 19.3 Å². The van der Waals surface area contributed by atoms with E-state index in [4.69, 9.17) is 32.3 Å². The first kappa shape index (κ1) is 109. The van der Waals surface area contributed by atoms with Crippen molar-refractivity contribution < 1.29 is 75.8 Å². The molecule has 0 aromatic rings. The number of aliphatic hydroxyl groups excluding tert-OH is 2. The number of unbranched alkanes of at least 4 members (excludes halogenated alkanes) is 41. The van der Waals surface area contributed by atoms with E-state index in [9.17, 15) is 43.5 Å². The summed E-state index contributed by atoms with van der Waals surface area (Å²) >= 11 is 0. The highest BCUT2D eigenvalue weighted by Crippen LogP contribution is 2.45. The Hall–Kier alpha value is -4.31. The van der Waals surface area contributed by atoms with Gasteiger partial charge in [-0.3, -0.25) is 32.5 Å². The molecule has 113 heavy (non-hydrogen) atoms. The third kappa shape index (κ3) is 88.3. The van der Waals surface area contributed by atoms with E-state index in [1.165, 1.54) is 193 Å². The van der Waals surface area contributed by atoms with Gasteiger partial charge in [-0.1, -0.05) is 392 Å². The first-order valence-corrected chi connectivity index (χ1v) is 48.5. The van der Waals surface area contributed by atoms with Gasteiger partial charge < -0.3 is 34.2 Å². The molecule has 0 aliphatic rings. The standard InChI is InChI=1S/C95H166O16P2/c1-4-7-10-13-16-19-22-24-26-28-30-32-34-36-38-40-42-44-46-48-50-52-54-56-58-60-62-64-67-69-72-75-78-81-93(98)105-84-90(96)85-107-112(101,102)108-86-91(97)87-109-113(103,104)110-89-92(111-95(100)83-80-77-74-71-66-21-18-15-12-9-6-3)88-106-94(99)82-79-76-73-70-68-65-63-61-59-57-55-53-51-49-47-45-43-41-39-37-35-33-31-29-27-25-23-20-17-14-11-8-5-2/h7-8,10-11,16-17,19-20,24-27,30-33,36-39,42,44,90-92,96-97H,4-6,9,12-15,18,21-23,28-29,34-35,40-41,43,45-89H2,1-3H3,(H,101,102)(H,103,104)/b10-7-,11-8-,19-16-,20-17-,26-24-,27-25-,32-30-,33-31-,38-36-,39-37-,44-42-. The summed E-state index contributed by atoms with van der Waals surface area (Å²) in [5.74, 6) is -1.56. The van der Waals surface area contributed by atoms with Crippen molar-refractivity contribution in [2.24, 2.45) is 0 Å². The predicted molar refractivity (Wildman–Crippen MR) is 473 cm³/mol. The predicted octanol–water partition coefficient (Wildman–Crippen LogP) is 27.8. The number of carbonyl (C=O) groups is 3. The van der Waals surface area contributed by atoms with Crippen molar-refractivity contribution in [1.29, 1.82) is 0 Å². The Kier molecular flexibility index (Phi) is 83.7. The van der Waals surface area contributed by atoms with Crippen LogP contribution in [0.15, 0.2) is 134 Å². The van der Waals surface area contributed by atoms with Crippen molar-refractivity contribution >= 4 is 33.6 Å². The van der Waals surface area contributed by atoms with Crippen LogP contribution in [0.4, 0.5) is 0 Å². The molecule has 0 fully saturated rings. The van der Waals surface area contributed by atoms with Gasteiger partial charge >= 0.3 is 33.6 Å². The first-order valence-electron chi connectivity index (χ1n) is 45.5. The van der Waals surface area contributed by atoms with Crippen LogP contribution in [-0.4, -0.2) is 95.9 Å². The molecule has 0 aromatic carbocycles. The lowest BCUT2D eigenvalue weighted by Crippen LogP contribution is -2.30. The van der Waals surface area contributed by atoms with Gasteiger partial charge in [0.1, 0.15) is 25.4 Å². The summed E-state index contributed by atoms with van der Waals surface area (Å²) in [5.41, 5.74) is 0. The van der Waals surface area contributed by atoms with Crippen LogP contribution in [0.2, 0.25) is 0 Å². The van der Waals surface area contributed by atoms with Crippen molar-refractivity contribution in [2.45, 2.75) is 411 Å². The van der Waals surface area contributed by atoms with E-state index in [0.717, 1.165) is 141 Å². The van der Waals surface area contributed by atoms with Crippen LogP contribution in [0.5, 0.6) is 0 Å². The van der Waals surface area contributed by atoms with Gasteiger partial charge in [-0.15, -0.1) is 0 Å². The third-order valence-electron chi connectivity index (χ3n) is 19.4. The number of hydrogen-bond acceptors (Lipinski definition) is 14. The van der Waals surface area contributed by atoms with Crippen molar-refractivity contribution in [3.05, 3.63) is 134 Å². The zero-order valence-electron chi connectivity index (χ0n) is 71.8. The van der Waals surface area contributed by atoms with Crippen molar-refractivity contribution in [2.75, 3.05) is 39.6 Å². The summed E-state index contributed by atoms with van der Waals surface area (Å²) in [6.07, 6.45) is 108. The molecule has 0 aliphatic heterocycles. The van der Waals surface area contributed by atoms with Crippen LogP contribution in [0.25, 0.3) is 0 Å². The minimum atomic E-state index is -4.93. The van der Waals surface area contributed by atoms with E-state index < -0.39 is 91.5 Å². The Morgan fingerprint density at radius 3 is 0.743 bits per heavy atom. The molecule has 0 rings (SSSR count). The topological polar surface area (TPSA) is 231 Å². The maximum Gasteiger partial charge on any atom is 0.472 e. The highest BCUT2D eigenvalue weighted by Gasteiger charge is 2.29. The molecule has 0 saturated carbocycles. The Morgan fingerprint density at radius 1 is 0.257 bits per heavy atom. The van der Waals surface area contributed by atoms with Gasteiger partial charge in [0.2, 0.25) is 0 Å². The number of ether oxygens (including phenoxy) is 3. The van der Waals surface area contributed by atoms with E-state index >= 15 is 0 Å². The molecule has 0 bridgehead atoms. The summed E-state index contributed by atoms with van der Waals surface area (Å²) in [7, 11) is -9.78. The van der Waals surface area contributed by atoms with Crippen LogP contribution < -0.4 is 0 Å². The number of rotatable bonds is 86. The summed E-state index contributed by atoms with van der Waals surface area (Å²) in [5, 5.41) is 20.7. The zero-order valence-corrected chi connectivity index (χ0v) is 73.6. The fraction of sp³-hybridized carbons (Fsp3) is 0.737. The minimum absolute atomic E-state index is 0.108. The number of allylic oxidation sites excluding steroid dienone is 22. The summed E-state index contributed by atoms with van der Waals surface area (Å²) < 4.78 is 61.3. The molecule has 652 valence electrons. The van der Waals surface area contributed by atoms with E-state index in [-0.39, 0.29) is 19.3 Å². The maximum atomic E-state index is 13.0. The number of phosphoric ester groups is 2. The summed E-state index contributed by atoms with van der Waals surface area (Å²) in [4.78, 5) is 58.8. The molecule has 0 saturated heterocycles. The fourth-order valence-electron chi connectivity index (χ4n) is 12.5. The average molecular weight is 1630 g/mol. The first-order chi connectivity index (χ1) is 55.2. The molecular weight excluding hydrogens is 1460 g/mol. The van der Waals surface area contributed by atoms with Crippen LogP contribution in [0.1, 0.15) is 393 Å². The Balaban J connectivity index is 4.34. The largest absolute Gasteiger partial charge is 0.472 e. The lowest BCUT2D eigenvalue weighted by atomic mass is 10.0. The maximum absolute atomic E-state index is 13.0. The number of aliphatic hydroxyl groups is 2.